The fraction of sp³-hybridized carbons (Fsp3) is 0.355. The molecule has 0 bridgehead atoms. The third-order valence-electron chi connectivity index (χ3n) is 7.44. The molecule has 1 nitrogen and oxygen atoms in total. The highest BCUT2D eigenvalue weighted by molar-refractivity contribution is 6.00. The van der Waals surface area contributed by atoms with Gasteiger partial charge in [0, 0.05) is 25.2 Å². The van der Waals surface area contributed by atoms with Crippen LogP contribution in [0, 0.1) is 24.5 Å². The number of nitrogens with zero attached hydrogens (tertiary/aromatic N) is 1. The highest BCUT2D eigenvalue weighted by Crippen LogP contribution is 2.41. The van der Waals surface area contributed by atoms with Crippen LogP contribution < -0.4 is 0 Å². The molecule has 1 aliphatic carbocycles. The maximum Gasteiger partial charge on any atom is 0.131 e. The van der Waals surface area contributed by atoms with E-state index in [4.69, 9.17) is 0 Å². The van der Waals surface area contributed by atoms with Gasteiger partial charge in [-0.1, -0.05) is 42.5 Å². The van der Waals surface area contributed by atoms with Crippen LogP contribution in [0.3, 0.4) is 0 Å². The van der Waals surface area contributed by atoms with Crippen molar-refractivity contribution in [2.75, 3.05) is 26.3 Å². The molecule has 4 heteroatoms. The van der Waals surface area contributed by atoms with Crippen LogP contribution in [0.1, 0.15) is 52.6 Å². The first kappa shape index (κ1) is 23.9. The van der Waals surface area contributed by atoms with Crippen molar-refractivity contribution in [2.45, 2.75) is 39.0 Å². The van der Waals surface area contributed by atoms with Crippen molar-refractivity contribution in [2.24, 2.45) is 5.92 Å². The average Bonchev–Trinajstić information content (AvgIpc) is 3.00. The van der Waals surface area contributed by atoms with Crippen LogP contribution in [0.5, 0.6) is 0 Å². The zero-order valence-electron chi connectivity index (χ0n) is 20.3. The summed E-state index contributed by atoms with van der Waals surface area (Å²) in [7, 11) is 0. The van der Waals surface area contributed by atoms with Gasteiger partial charge >= 0.3 is 0 Å². The van der Waals surface area contributed by atoms with Gasteiger partial charge in [-0.05, 0) is 102 Å². The van der Waals surface area contributed by atoms with Crippen LogP contribution in [0.25, 0.3) is 11.1 Å². The van der Waals surface area contributed by atoms with Crippen molar-refractivity contribution in [1.29, 1.82) is 0 Å². The predicted molar refractivity (Wildman–Crippen MR) is 137 cm³/mol. The second-order valence-corrected chi connectivity index (χ2v) is 10.0. The third-order valence-corrected chi connectivity index (χ3v) is 7.44. The Balaban J connectivity index is 1.51. The summed E-state index contributed by atoms with van der Waals surface area (Å²) in [6, 6.07) is 18.8. The molecular formula is C31H32F3N. The Labute approximate surface area is 206 Å². The number of benzene rings is 3. The molecule has 0 N–H and O–H groups in total. The molecule has 0 radical (unpaired) electrons. The lowest BCUT2D eigenvalue weighted by molar-refractivity contribution is 0.0968. The van der Waals surface area contributed by atoms with E-state index in [1.807, 2.05) is 31.2 Å². The number of alkyl halides is 1. The van der Waals surface area contributed by atoms with Crippen molar-refractivity contribution in [3.63, 3.8) is 0 Å². The molecule has 1 fully saturated rings. The summed E-state index contributed by atoms with van der Waals surface area (Å²) in [5, 5.41) is 0. The zero-order valence-corrected chi connectivity index (χ0v) is 20.3. The number of hydrogen-bond acceptors (Lipinski definition) is 1. The summed E-state index contributed by atoms with van der Waals surface area (Å²) in [5.41, 5.74) is 7.78. The summed E-state index contributed by atoms with van der Waals surface area (Å²) in [6.45, 7) is 4.37. The molecule has 0 saturated carbocycles. The largest absolute Gasteiger partial charge is 0.303 e. The van der Waals surface area contributed by atoms with Gasteiger partial charge in [0.25, 0.3) is 0 Å². The first-order valence-corrected chi connectivity index (χ1v) is 12.7. The molecule has 35 heavy (non-hydrogen) atoms. The highest BCUT2D eigenvalue weighted by Gasteiger charge is 2.27. The molecule has 0 amide bonds. The number of likely N-dealkylation sites (tertiary alicyclic amines) is 1. The Morgan fingerprint density at radius 2 is 1.69 bits per heavy atom. The number of aryl methyl sites for hydroxylation is 2. The van der Waals surface area contributed by atoms with Crippen molar-refractivity contribution in [3.05, 3.63) is 106 Å². The Hall–Kier alpha value is -2.85. The molecule has 3 aromatic rings. The molecule has 1 heterocycles. The van der Waals surface area contributed by atoms with Crippen molar-refractivity contribution < 1.29 is 13.2 Å². The molecule has 2 aliphatic rings. The molecular weight excluding hydrogens is 443 g/mol. The van der Waals surface area contributed by atoms with Gasteiger partial charge in [0.15, 0.2) is 0 Å². The maximum absolute atomic E-state index is 15.8. The SMILES string of the molecule is Cc1cc(F)ccc1C1=C(c2ccc(CC3CN(CCCF)C3)cc2F)c2ccccc2CCC1. The molecule has 1 saturated heterocycles. The van der Waals surface area contributed by atoms with E-state index in [1.54, 1.807) is 12.1 Å². The van der Waals surface area contributed by atoms with E-state index < -0.39 is 0 Å². The van der Waals surface area contributed by atoms with E-state index >= 15 is 4.39 Å². The third kappa shape index (κ3) is 5.08. The lowest BCUT2D eigenvalue weighted by atomic mass is 9.85. The lowest BCUT2D eigenvalue weighted by Gasteiger charge is -2.39. The molecule has 0 aromatic heterocycles. The minimum absolute atomic E-state index is 0.208. The summed E-state index contributed by atoms with van der Waals surface area (Å²) in [5.74, 6) is 0.0346. The van der Waals surface area contributed by atoms with Gasteiger partial charge in [0.1, 0.15) is 11.6 Å². The summed E-state index contributed by atoms with van der Waals surface area (Å²) in [6.07, 6.45) is 4.14. The fourth-order valence-corrected chi connectivity index (χ4v) is 5.76. The van der Waals surface area contributed by atoms with Gasteiger partial charge in [-0.3, -0.25) is 4.39 Å². The Morgan fingerprint density at radius 1 is 0.886 bits per heavy atom. The molecule has 0 atom stereocenters. The number of allylic oxidation sites excluding steroid dienone is 1. The summed E-state index contributed by atoms with van der Waals surface area (Å²) >= 11 is 0. The first-order chi connectivity index (χ1) is 17.0. The Kier molecular flexibility index (Phi) is 7.10. The van der Waals surface area contributed by atoms with Gasteiger partial charge in [-0.25, -0.2) is 8.78 Å². The van der Waals surface area contributed by atoms with Gasteiger partial charge in [0.2, 0.25) is 0 Å². The van der Waals surface area contributed by atoms with Crippen LogP contribution in [-0.4, -0.2) is 31.2 Å². The van der Waals surface area contributed by atoms with Gasteiger partial charge in [0.05, 0.1) is 6.67 Å². The lowest BCUT2D eigenvalue weighted by Crippen LogP contribution is -2.47. The minimum Gasteiger partial charge on any atom is -0.303 e. The first-order valence-electron chi connectivity index (χ1n) is 12.7. The van der Waals surface area contributed by atoms with E-state index in [0.29, 0.717) is 17.9 Å². The molecule has 0 spiro atoms. The number of halogens is 3. The van der Waals surface area contributed by atoms with E-state index in [1.165, 1.54) is 11.6 Å². The summed E-state index contributed by atoms with van der Waals surface area (Å²) in [4.78, 5) is 2.26. The molecule has 1 aliphatic heterocycles. The average molecular weight is 476 g/mol. The summed E-state index contributed by atoms with van der Waals surface area (Å²) < 4.78 is 42.1. The monoisotopic (exact) mass is 475 g/mol. The Bertz CT molecular complexity index is 1240. The topological polar surface area (TPSA) is 3.24 Å². The highest BCUT2D eigenvalue weighted by atomic mass is 19.1. The van der Waals surface area contributed by atoms with Crippen molar-refractivity contribution in [3.8, 4) is 0 Å². The van der Waals surface area contributed by atoms with Gasteiger partial charge in [-0.2, -0.15) is 0 Å². The maximum atomic E-state index is 15.8. The van der Waals surface area contributed by atoms with E-state index in [-0.39, 0.29) is 18.3 Å². The van der Waals surface area contributed by atoms with E-state index in [9.17, 15) is 8.78 Å². The number of fused-ring (bicyclic) bond motifs is 1. The second-order valence-electron chi connectivity index (χ2n) is 10.0. The van der Waals surface area contributed by atoms with Crippen LogP contribution in [0.4, 0.5) is 13.2 Å². The normalized spacial score (nSPS) is 16.7. The van der Waals surface area contributed by atoms with E-state index in [0.717, 1.165) is 78.7 Å². The Morgan fingerprint density at radius 3 is 2.46 bits per heavy atom. The molecule has 0 unspecified atom stereocenters. The number of hydrogen-bond donors (Lipinski definition) is 0. The standard InChI is InChI=1S/C31H32F3N/c1-21-16-25(33)11-13-26(21)28-9-4-7-24-6-2-3-8-27(24)31(28)29-12-10-22(18-30(29)34)17-23-19-35(20-23)15-5-14-32/h2-3,6,8,10-13,16,18,23H,4-5,7,9,14-15,17,19-20H2,1H3. The fourth-order valence-electron chi connectivity index (χ4n) is 5.76. The number of rotatable bonds is 7. The van der Waals surface area contributed by atoms with Crippen molar-refractivity contribution in [1.82, 2.24) is 4.90 Å². The zero-order chi connectivity index (χ0) is 24.4. The van der Waals surface area contributed by atoms with E-state index in [2.05, 4.69) is 23.1 Å². The predicted octanol–water partition coefficient (Wildman–Crippen LogP) is 7.40. The quantitative estimate of drug-likeness (QED) is 0.344. The van der Waals surface area contributed by atoms with Gasteiger partial charge in [-0.15, -0.1) is 0 Å². The molecule has 5 rings (SSSR count). The molecule has 182 valence electrons. The van der Waals surface area contributed by atoms with Crippen LogP contribution in [-0.2, 0) is 12.8 Å². The smallest absolute Gasteiger partial charge is 0.131 e. The second kappa shape index (κ2) is 10.4. The minimum atomic E-state index is -0.272. The van der Waals surface area contributed by atoms with Crippen LogP contribution >= 0.6 is 0 Å². The van der Waals surface area contributed by atoms with Crippen LogP contribution in [0.2, 0.25) is 0 Å². The van der Waals surface area contributed by atoms with Crippen molar-refractivity contribution >= 4 is 11.1 Å². The van der Waals surface area contributed by atoms with Gasteiger partial charge < -0.3 is 4.90 Å². The van der Waals surface area contributed by atoms with Crippen LogP contribution in [0.15, 0.2) is 60.7 Å². The molecule has 3 aromatic carbocycles.